The maximum atomic E-state index is 3.02. The number of hydrogen-bond donors (Lipinski definition) is 0. The summed E-state index contributed by atoms with van der Waals surface area (Å²) in [6, 6.07) is 2.42. The summed E-state index contributed by atoms with van der Waals surface area (Å²) < 4.78 is 0. The minimum absolute atomic E-state index is 0.805. The first-order valence-electron chi connectivity index (χ1n) is 15.3. The average Bonchev–Trinajstić information content (AvgIpc) is 3.09. The van der Waals surface area contributed by atoms with Gasteiger partial charge in [0.15, 0.2) is 0 Å². The van der Waals surface area contributed by atoms with Crippen molar-refractivity contribution in [3.05, 3.63) is 0 Å². The predicted molar refractivity (Wildman–Crippen MR) is 141 cm³/mol. The summed E-state index contributed by atoms with van der Waals surface area (Å²) in [7, 11) is 2.53. The number of rotatable bonds is 6. The first-order chi connectivity index (χ1) is 15.8. The van der Waals surface area contributed by atoms with E-state index in [4.69, 9.17) is 0 Å². The van der Waals surface area contributed by atoms with E-state index in [0.717, 1.165) is 30.0 Å². The molecule has 2 aliphatic carbocycles. The van der Waals surface area contributed by atoms with Crippen LogP contribution in [0.5, 0.6) is 0 Å². The van der Waals surface area contributed by atoms with Crippen LogP contribution in [0.2, 0.25) is 0 Å². The van der Waals surface area contributed by atoms with Crippen LogP contribution in [-0.2, 0) is 0 Å². The smallest absolute Gasteiger partial charge is 0.0314 e. The Hall–Kier alpha value is -0.0800. The molecular weight excluding hydrogens is 388 g/mol. The van der Waals surface area contributed by atoms with Gasteiger partial charge in [-0.25, -0.2) is 10.0 Å². The average molecular weight is 447 g/mol. The molecule has 32 heavy (non-hydrogen) atoms. The van der Waals surface area contributed by atoms with Crippen LogP contribution in [0.15, 0.2) is 0 Å². The summed E-state index contributed by atoms with van der Waals surface area (Å²) in [5.74, 6) is 1.82. The van der Waals surface area contributed by atoms with E-state index in [1.165, 1.54) is 141 Å². The summed E-state index contributed by atoms with van der Waals surface area (Å²) in [4.78, 5) is 0. The van der Waals surface area contributed by atoms with E-state index < -0.39 is 0 Å². The fourth-order valence-corrected chi connectivity index (χ4v) is 7.85. The zero-order valence-electron chi connectivity index (χ0n) is 22.3. The highest BCUT2D eigenvalue weighted by Crippen LogP contribution is 2.44. The van der Waals surface area contributed by atoms with Crippen molar-refractivity contribution in [3.63, 3.8) is 0 Å². The van der Waals surface area contributed by atoms with Gasteiger partial charge in [-0.3, -0.25) is 0 Å². The second-order valence-corrected chi connectivity index (χ2v) is 11.8. The Bertz CT molecular complexity index is 455. The van der Waals surface area contributed by atoms with Gasteiger partial charge in [0.1, 0.15) is 0 Å². The van der Waals surface area contributed by atoms with Gasteiger partial charge in [-0.1, -0.05) is 117 Å². The third-order valence-electron chi connectivity index (χ3n) is 9.36. The quantitative estimate of drug-likeness (QED) is 0.401. The zero-order chi connectivity index (χ0) is 22.6. The summed E-state index contributed by atoms with van der Waals surface area (Å²) in [5, 5.41) is 5.90. The Morgan fingerprint density at radius 1 is 0.562 bits per heavy atom. The second kappa shape index (κ2) is 15.0. The van der Waals surface area contributed by atoms with Crippen molar-refractivity contribution in [2.75, 3.05) is 7.05 Å². The predicted octanol–water partition coefficient (Wildman–Crippen LogP) is 9.14. The van der Waals surface area contributed by atoms with E-state index >= 15 is 0 Å². The molecule has 188 valence electrons. The van der Waals surface area contributed by atoms with Gasteiger partial charge in [-0.15, -0.1) is 0 Å². The number of hydrazine groups is 1. The first-order valence-corrected chi connectivity index (χ1v) is 15.3. The van der Waals surface area contributed by atoms with Gasteiger partial charge < -0.3 is 0 Å². The summed E-state index contributed by atoms with van der Waals surface area (Å²) >= 11 is 0. The third kappa shape index (κ3) is 7.46. The van der Waals surface area contributed by atoms with E-state index in [-0.39, 0.29) is 0 Å². The largest absolute Gasteiger partial charge is 0.241 e. The van der Waals surface area contributed by atoms with Gasteiger partial charge in [0.2, 0.25) is 0 Å². The highest BCUT2D eigenvalue weighted by atomic mass is 15.7. The lowest BCUT2D eigenvalue weighted by atomic mass is 9.77. The Kier molecular flexibility index (Phi) is 12.5. The molecule has 0 radical (unpaired) electrons. The molecule has 2 saturated carbocycles. The highest BCUT2D eigenvalue weighted by Gasteiger charge is 2.49. The molecule has 3 atom stereocenters. The lowest BCUT2D eigenvalue weighted by Gasteiger charge is -2.40. The van der Waals surface area contributed by atoms with Gasteiger partial charge in [0.05, 0.1) is 0 Å². The van der Waals surface area contributed by atoms with Crippen molar-refractivity contribution in [1.29, 1.82) is 0 Å². The Morgan fingerprint density at radius 3 is 1.47 bits per heavy atom. The molecule has 3 aliphatic rings. The molecule has 0 aromatic rings. The molecule has 3 fully saturated rings. The van der Waals surface area contributed by atoms with Crippen molar-refractivity contribution in [2.24, 2.45) is 11.8 Å². The normalized spacial score (nSPS) is 32.2. The van der Waals surface area contributed by atoms with Crippen LogP contribution < -0.4 is 0 Å². The topological polar surface area (TPSA) is 6.48 Å². The Labute approximate surface area is 202 Å². The second-order valence-electron chi connectivity index (χ2n) is 11.8. The molecule has 1 saturated heterocycles. The molecular formula is C30H58N2. The van der Waals surface area contributed by atoms with Crippen LogP contribution in [-0.4, -0.2) is 35.2 Å². The fraction of sp³-hybridized carbons (Fsp3) is 1.00. The van der Waals surface area contributed by atoms with Gasteiger partial charge in [-0.2, -0.15) is 0 Å². The minimum atomic E-state index is 0.805. The molecule has 0 spiro atoms. The monoisotopic (exact) mass is 446 g/mol. The molecule has 2 nitrogen and oxygen atoms in total. The van der Waals surface area contributed by atoms with Crippen LogP contribution >= 0.6 is 0 Å². The molecule has 3 rings (SSSR count). The SMILES string of the molecule is CCCC1C(C2CCCCCCCCCC2)N(C)N(C2CCCCCCCC2)[C@@H]1CCC. The molecule has 1 aliphatic heterocycles. The highest BCUT2D eigenvalue weighted by molar-refractivity contribution is 4.99. The Balaban J connectivity index is 1.81. The summed E-state index contributed by atoms with van der Waals surface area (Å²) in [5.41, 5.74) is 0. The summed E-state index contributed by atoms with van der Waals surface area (Å²) in [6.07, 6.45) is 32.1. The van der Waals surface area contributed by atoms with E-state index in [1.807, 2.05) is 0 Å². The van der Waals surface area contributed by atoms with Crippen LogP contribution in [0.1, 0.15) is 155 Å². The maximum absolute atomic E-state index is 3.02. The van der Waals surface area contributed by atoms with Crippen molar-refractivity contribution in [2.45, 2.75) is 173 Å². The lowest BCUT2D eigenvalue weighted by Crippen LogP contribution is -2.49. The number of nitrogens with zero attached hydrogens (tertiary/aromatic N) is 2. The van der Waals surface area contributed by atoms with Crippen molar-refractivity contribution in [3.8, 4) is 0 Å². The molecule has 2 heteroatoms. The minimum Gasteiger partial charge on any atom is -0.241 e. The molecule has 0 aromatic heterocycles. The molecule has 1 heterocycles. The summed E-state index contributed by atoms with van der Waals surface area (Å²) in [6.45, 7) is 4.88. The van der Waals surface area contributed by atoms with Crippen molar-refractivity contribution in [1.82, 2.24) is 10.0 Å². The zero-order valence-corrected chi connectivity index (χ0v) is 22.3. The van der Waals surface area contributed by atoms with E-state index in [1.54, 1.807) is 0 Å². The first kappa shape index (κ1) is 26.5. The molecule has 0 bridgehead atoms. The standard InChI is InChI=1S/C30H58N2/c1-4-20-28-29(21-5-2)32(27-24-18-14-10-11-15-19-25-27)31(3)30(28)26-22-16-12-8-6-7-9-13-17-23-26/h26-30H,4-25H2,1-3H3/t28?,29-,30?/m1/s1. The molecule has 2 unspecified atom stereocenters. The fourth-order valence-electron chi connectivity index (χ4n) is 7.85. The molecule has 0 aromatic carbocycles. The Morgan fingerprint density at radius 2 is 1.00 bits per heavy atom. The van der Waals surface area contributed by atoms with Crippen molar-refractivity contribution < 1.29 is 0 Å². The van der Waals surface area contributed by atoms with E-state index in [0.29, 0.717) is 0 Å². The van der Waals surface area contributed by atoms with Crippen LogP contribution in [0.3, 0.4) is 0 Å². The van der Waals surface area contributed by atoms with Gasteiger partial charge >= 0.3 is 0 Å². The molecule has 0 N–H and O–H groups in total. The molecule has 0 amide bonds. The lowest BCUT2D eigenvalue weighted by molar-refractivity contribution is -0.0612. The van der Waals surface area contributed by atoms with Crippen LogP contribution in [0, 0.1) is 11.8 Å². The van der Waals surface area contributed by atoms with Gasteiger partial charge in [-0.05, 0) is 50.4 Å². The van der Waals surface area contributed by atoms with Crippen LogP contribution in [0.4, 0.5) is 0 Å². The van der Waals surface area contributed by atoms with Crippen LogP contribution in [0.25, 0.3) is 0 Å². The van der Waals surface area contributed by atoms with Crippen molar-refractivity contribution >= 4 is 0 Å². The maximum Gasteiger partial charge on any atom is 0.0314 e. The van der Waals surface area contributed by atoms with Gasteiger partial charge in [0, 0.05) is 25.2 Å². The third-order valence-corrected chi connectivity index (χ3v) is 9.36. The van der Waals surface area contributed by atoms with E-state index in [9.17, 15) is 0 Å². The van der Waals surface area contributed by atoms with Gasteiger partial charge in [0.25, 0.3) is 0 Å². The van der Waals surface area contributed by atoms with E-state index in [2.05, 4.69) is 30.9 Å². The number of hydrogen-bond acceptors (Lipinski definition) is 2.